The van der Waals surface area contributed by atoms with E-state index in [1.54, 1.807) is 0 Å². The second-order valence-corrected chi connectivity index (χ2v) is 4.29. The van der Waals surface area contributed by atoms with Crippen LogP contribution in [0.15, 0.2) is 0 Å². The summed E-state index contributed by atoms with van der Waals surface area (Å²) in [5.41, 5.74) is 0. The molecule has 1 amide bonds. The Hall–Kier alpha value is -1.14. The van der Waals surface area contributed by atoms with Crippen LogP contribution in [0.2, 0.25) is 0 Å². The van der Waals surface area contributed by atoms with Gasteiger partial charge in [0.2, 0.25) is 5.91 Å². The topological polar surface area (TPSA) is 87.7 Å². The van der Waals surface area contributed by atoms with E-state index >= 15 is 0 Å². The second kappa shape index (κ2) is 7.24. The molecular weight excluding hydrogens is 224 g/mol. The van der Waals surface area contributed by atoms with Crippen molar-refractivity contribution in [3.8, 4) is 0 Å². The van der Waals surface area contributed by atoms with Gasteiger partial charge in [-0.25, -0.2) is 4.79 Å². The van der Waals surface area contributed by atoms with E-state index in [9.17, 15) is 9.59 Å². The van der Waals surface area contributed by atoms with Crippen LogP contribution in [0.25, 0.3) is 0 Å². The molecule has 1 aliphatic rings. The molecule has 17 heavy (non-hydrogen) atoms. The molecule has 1 aliphatic heterocycles. The summed E-state index contributed by atoms with van der Waals surface area (Å²) in [6.45, 7) is 3.17. The van der Waals surface area contributed by atoms with E-state index in [0.29, 0.717) is 12.5 Å². The van der Waals surface area contributed by atoms with Gasteiger partial charge in [0.15, 0.2) is 0 Å². The summed E-state index contributed by atoms with van der Waals surface area (Å²) < 4.78 is 4.82. The summed E-state index contributed by atoms with van der Waals surface area (Å²) in [5.74, 6) is -0.696. The fourth-order valence-corrected chi connectivity index (χ4v) is 1.92. The molecule has 0 spiro atoms. The SMILES string of the molecule is CC1CCCNC1C(=O)NCCOCC(=O)O. The van der Waals surface area contributed by atoms with Crippen LogP contribution in [-0.2, 0) is 14.3 Å². The van der Waals surface area contributed by atoms with E-state index in [1.807, 2.05) is 0 Å². The maximum Gasteiger partial charge on any atom is 0.329 e. The molecule has 0 aromatic rings. The lowest BCUT2D eigenvalue weighted by Gasteiger charge is -2.28. The maximum absolute atomic E-state index is 11.8. The maximum atomic E-state index is 11.8. The third kappa shape index (κ3) is 5.14. The summed E-state index contributed by atoms with van der Waals surface area (Å²) in [5, 5.41) is 14.3. The smallest absolute Gasteiger partial charge is 0.329 e. The number of piperidine rings is 1. The first-order valence-corrected chi connectivity index (χ1v) is 5.92. The molecule has 3 N–H and O–H groups in total. The van der Waals surface area contributed by atoms with Gasteiger partial charge in [0.1, 0.15) is 6.61 Å². The quantitative estimate of drug-likeness (QED) is 0.553. The number of carboxylic acids is 1. The molecule has 1 saturated heterocycles. The van der Waals surface area contributed by atoms with Gasteiger partial charge in [-0.05, 0) is 25.3 Å². The largest absolute Gasteiger partial charge is 0.480 e. The molecule has 1 heterocycles. The minimum absolute atomic E-state index is 0.0314. The van der Waals surface area contributed by atoms with E-state index in [1.165, 1.54) is 0 Å². The monoisotopic (exact) mass is 244 g/mol. The zero-order valence-electron chi connectivity index (χ0n) is 10.1. The average Bonchev–Trinajstić information content (AvgIpc) is 2.28. The van der Waals surface area contributed by atoms with Crippen LogP contribution in [0.5, 0.6) is 0 Å². The van der Waals surface area contributed by atoms with Crippen LogP contribution >= 0.6 is 0 Å². The number of amides is 1. The lowest BCUT2D eigenvalue weighted by molar-refractivity contribution is -0.142. The van der Waals surface area contributed by atoms with Crippen molar-refractivity contribution in [3.63, 3.8) is 0 Å². The summed E-state index contributed by atoms with van der Waals surface area (Å²) >= 11 is 0. The highest BCUT2D eigenvalue weighted by molar-refractivity contribution is 5.82. The van der Waals surface area contributed by atoms with Crippen molar-refractivity contribution in [2.24, 2.45) is 5.92 Å². The Morgan fingerprint density at radius 2 is 2.29 bits per heavy atom. The molecule has 0 radical (unpaired) electrons. The van der Waals surface area contributed by atoms with Crippen LogP contribution in [0.4, 0.5) is 0 Å². The number of hydrogen-bond donors (Lipinski definition) is 3. The van der Waals surface area contributed by atoms with Crippen LogP contribution in [0.1, 0.15) is 19.8 Å². The van der Waals surface area contributed by atoms with Crippen LogP contribution in [0, 0.1) is 5.92 Å². The highest BCUT2D eigenvalue weighted by atomic mass is 16.5. The predicted molar refractivity (Wildman–Crippen MR) is 61.7 cm³/mol. The molecule has 6 heteroatoms. The van der Waals surface area contributed by atoms with Gasteiger partial charge in [0.25, 0.3) is 0 Å². The Morgan fingerprint density at radius 3 is 2.94 bits per heavy atom. The van der Waals surface area contributed by atoms with E-state index in [-0.39, 0.29) is 25.2 Å². The molecule has 0 saturated carbocycles. The first kappa shape index (κ1) is 13.9. The van der Waals surface area contributed by atoms with Gasteiger partial charge in [-0.15, -0.1) is 0 Å². The van der Waals surface area contributed by atoms with Gasteiger partial charge >= 0.3 is 5.97 Å². The van der Waals surface area contributed by atoms with Crippen molar-refractivity contribution in [2.45, 2.75) is 25.8 Å². The van der Waals surface area contributed by atoms with Crippen molar-refractivity contribution in [2.75, 3.05) is 26.3 Å². The van der Waals surface area contributed by atoms with E-state index in [4.69, 9.17) is 9.84 Å². The molecular formula is C11H20N2O4. The highest BCUT2D eigenvalue weighted by Gasteiger charge is 2.26. The zero-order chi connectivity index (χ0) is 12.7. The Morgan fingerprint density at radius 1 is 1.53 bits per heavy atom. The van der Waals surface area contributed by atoms with Gasteiger partial charge in [0.05, 0.1) is 12.6 Å². The Labute approximate surface area is 101 Å². The Bertz CT molecular complexity index is 270. The lowest BCUT2D eigenvalue weighted by Crippen LogP contribution is -2.51. The standard InChI is InChI=1S/C11H20N2O4/c1-8-3-2-4-12-10(8)11(16)13-5-6-17-7-9(14)15/h8,10,12H,2-7H2,1H3,(H,13,16)(H,14,15). The number of rotatable bonds is 6. The first-order chi connectivity index (χ1) is 8.11. The molecule has 1 fully saturated rings. The number of ether oxygens (including phenoxy) is 1. The minimum atomic E-state index is -1.00. The molecule has 0 bridgehead atoms. The van der Waals surface area contributed by atoms with Gasteiger partial charge in [-0.1, -0.05) is 6.92 Å². The van der Waals surface area contributed by atoms with Crippen molar-refractivity contribution in [1.82, 2.24) is 10.6 Å². The molecule has 2 unspecified atom stereocenters. The van der Waals surface area contributed by atoms with Crippen molar-refractivity contribution in [3.05, 3.63) is 0 Å². The number of carbonyl (C=O) groups is 2. The summed E-state index contributed by atoms with van der Waals surface area (Å²) in [4.78, 5) is 21.9. The predicted octanol–water partition coefficient (Wildman–Crippen LogP) is -0.408. The first-order valence-electron chi connectivity index (χ1n) is 5.92. The van der Waals surface area contributed by atoms with Gasteiger partial charge in [-0.2, -0.15) is 0 Å². The van der Waals surface area contributed by atoms with Gasteiger partial charge in [-0.3, -0.25) is 4.79 Å². The number of hydrogen-bond acceptors (Lipinski definition) is 4. The van der Waals surface area contributed by atoms with Crippen LogP contribution in [-0.4, -0.2) is 49.3 Å². The second-order valence-electron chi connectivity index (χ2n) is 4.29. The zero-order valence-corrected chi connectivity index (χ0v) is 10.1. The number of nitrogens with one attached hydrogen (secondary N) is 2. The van der Waals surface area contributed by atoms with E-state index in [2.05, 4.69) is 17.6 Å². The number of carboxylic acid groups (broad SMARTS) is 1. The molecule has 0 aromatic carbocycles. The minimum Gasteiger partial charge on any atom is -0.480 e. The molecule has 6 nitrogen and oxygen atoms in total. The van der Waals surface area contributed by atoms with Crippen molar-refractivity contribution >= 4 is 11.9 Å². The molecule has 0 aromatic heterocycles. The normalized spacial score (nSPS) is 24.3. The fourth-order valence-electron chi connectivity index (χ4n) is 1.92. The fraction of sp³-hybridized carbons (Fsp3) is 0.818. The third-order valence-corrected chi connectivity index (χ3v) is 2.82. The third-order valence-electron chi connectivity index (χ3n) is 2.82. The van der Waals surface area contributed by atoms with E-state index < -0.39 is 5.97 Å². The molecule has 0 aliphatic carbocycles. The average molecular weight is 244 g/mol. The highest BCUT2D eigenvalue weighted by Crippen LogP contribution is 2.15. The lowest BCUT2D eigenvalue weighted by atomic mass is 9.92. The van der Waals surface area contributed by atoms with Gasteiger partial charge < -0.3 is 20.5 Å². The van der Waals surface area contributed by atoms with Crippen molar-refractivity contribution < 1.29 is 19.4 Å². The summed E-state index contributed by atoms with van der Waals surface area (Å²) in [6, 6.07) is -0.136. The van der Waals surface area contributed by atoms with Gasteiger partial charge in [0, 0.05) is 6.54 Å². The van der Waals surface area contributed by atoms with Crippen LogP contribution in [0.3, 0.4) is 0 Å². The Balaban J connectivity index is 2.13. The number of aliphatic carboxylic acids is 1. The van der Waals surface area contributed by atoms with E-state index in [0.717, 1.165) is 19.4 Å². The van der Waals surface area contributed by atoms with Crippen molar-refractivity contribution in [1.29, 1.82) is 0 Å². The Kier molecular flexibility index (Phi) is 5.93. The molecule has 2 atom stereocenters. The van der Waals surface area contributed by atoms with Crippen LogP contribution < -0.4 is 10.6 Å². The summed E-state index contributed by atoms with van der Waals surface area (Å²) in [7, 11) is 0. The number of carbonyl (C=O) groups excluding carboxylic acids is 1. The molecule has 98 valence electrons. The molecule has 1 rings (SSSR count). The summed E-state index contributed by atoms with van der Waals surface area (Å²) in [6.07, 6.45) is 2.16.